The Hall–Kier alpha value is -1.19. The van der Waals surface area contributed by atoms with Gasteiger partial charge in [0.1, 0.15) is 0 Å². The average Bonchev–Trinajstić information content (AvgIpc) is 2.52. The number of aromatic nitrogens is 2. The minimum Gasteiger partial charge on any atom is -0.394 e. The largest absolute Gasteiger partial charge is 0.394 e. The third kappa shape index (κ3) is 2.01. The molecule has 1 aromatic heterocycles. The van der Waals surface area contributed by atoms with Crippen molar-refractivity contribution in [3.05, 3.63) is 5.69 Å². The molecular formula is C12H24N4. The fraction of sp³-hybridized carbons (Fsp3) is 0.750. The van der Waals surface area contributed by atoms with Crippen LogP contribution in [-0.4, -0.2) is 22.4 Å². The molecule has 0 aliphatic heterocycles. The number of nitrogens with zero attached hydrogens (tertiary/aromatic N) is 3. The van der Waals surface area contributed by atoms with E-state index in [0.29, 0.717) is 0 Å². The SMILES string of the molecule is CCc1nn(C)c(N(C)C(C)(C)CC)c1N. The third-order valence-electron chi connectivity index (χ3n) is 3.55. The molecule has 0 saturated heterocycles. The lowest BCUT2D eigenvalue weighted by Gasteiger charge is -2.36. The zero-order valence-electron chi connectivity index (χ0n) is 11.3. The van der Waals surface area contributed by atoms with Gasteiger partial charge in [-0.2, -0.15) is 5.10 Å². The summed E-state index contributed by atoms with van der Waals surface area (Å²) in [5.74, 6) is 1.02. The van der Waals surface area contributed by atoms with E-state index in [0.717, 1.165) is 30.0 Å². The van der Waals surface area contributed by atoms with Gasteiger partial charge in [0.2, 0.25) is 0 Å². The van der Waals surface area contributed by atoms with Crippen LogP contribution in [0.25, 0.3) is 0 Å². The van der Waals surface area contributed by atoms with Gasteiger partial charge in [-0.15, -0.1) is 0 Å². The standard InChI is InChI=1S/C12H24N4/c1-7-9-10(13)11(16(6)14-9)15(5)12(3,4)8-2/h7-8,13H2,1-6H3. The van der Waals surface area contributed by atoms with E-state index in [2.05, 4.69) is 44.7 Å². The van der Waals surface area contributed by atoms with Crippen molar-refractivity contribution >= 4 is 11.5 Å². The van der Waals surface area contributed by atoms with Gasteiger partial charge in [-0.05, 0) is 26.7 Å². The molecule has 0 unspecified atom stereocenters. The van der Waals surface area contributed by atoms with Gasteiger partial charge in [0.15, 0.2) is 5.82 Å². The van der Waals surface area contributed by atoms with Crippen molar-refractivity contribution in [1.29, 1.82) is 0 Å². The van der Waals surface area contributed by atoms with E-state index in [9.17, 15) is 0 Å². The van der Waals surface area contributed by atoms with Crippen molar-refractivity contribution in [2.45, 2.75) is 46.1 Å². The van der Waals surface area contributed by atoms with Crippen LogP contribution < -0.4 is 10.6 Å². The van der Waals surface area contributed by atoms with E-state index in [1.165, 1.54) is 0 Å². The Labute approximate surface area is 98.4 Å². The van der Waals surface area contributed by atoms with Crippen molar-refractivity contribution in [2.24, 2.45) is 7.05 Å². The maximum Gasteiger partial charge on any atom is 0.150 e. The van der Waals surface area contributed by atoms with E-state index in [4.69, 9.17) is 5.73 Å². The number of nitrogen functional groups attached to an aromatic ring is 1. The molecule has 0 amide bonds. The molecule has 0 atom stereocenters. The van der Waals surface area contributed by atoms with Crippen LogP contribution in [0.15, 0.2) is 0 Å². The van der Waals surface area contributed by atoms with Crippen LogP contribution in [0.1, 0.15) is 39.8 Å². The second-order valence-electron chi connectivity index (χ2n) is 4.89. The molecule has 0 fully saturated rings. The molecule has 0 bridgehead atoms. The first-order chi connectivity index (χ1) is 7.35. The summed E-state index contributed by atoms with van der Waals surface area (Å²) in [5.41, 5.74) is 8.03. The van der Waals surface area contributed by atoms with Gasteiger partial charge in [-0.25, -0.2) is 0 Å². The van der Waals surface area contributed by atoms with E-state index < -0.39 is 0 Å². The molecule has 0 saturated carbocycles. The quantitative estimate of drug-likeness (QED) is 0.852. The van der Waals surface area contributed by atoms with Gasteiger partial charge in [-0.3, -0.25) is 4.68 Å². The topological polar surface area (TPSA) is 47.1 Å². The van der Waals surface area contributed by atoms with Gasteiger partial charge in [0.05, 0.1) is 11.4 Å². The second-order valence-corrected chi connectivity index (χ2v) is 4.89. The molecule has 0 aliphatic rings. The summed E-state index contributed by atoms with van der Waals surface area (Å²) in [7, 11) is 4.03. The van der Waals surface area contributed by atoms with Crippen molar-refractivity contribution in [3.63, 3.8) is 0 Å². The van der Waals surface area contributed by atoms with Crippen molar-refractivity contribution < 1.29 is 0 Å². The zero-order valence-corrected chi connectivity index (χ0v) is 11.3. The molecule has 1 rings (SSSR count). The van der Waals surface area contributed by atoms with E-state index in [1.807, 2.05) is 11.7 Å². The number of hydrogen-bond donors (Lipinski definition) is 1. The van der Waals surface area contributed by atoms with Gasteiger partial charge in [0, 0.05) is 19.6 Å². The summed E-state index contributed by atoms with van der Waals surface area (Å²) < 4.78 is 1.88. The fourth-order valence-electron chi connectivity index (χ4n) is 1.77. The molecule has 0 radical (unpaired) electrons. The minimum absolute atomic E-state index is 0.0902. The normalized spacial score (nSPS) is 11.9. The van der Waals surface area contributed by atoms with Crippen LogP contribution in [0.4, 0.5) is 11.5 Å². The number of rotatable bonds is 4. The lowest BCUT2D eigenvalue weighted by Crippen LogP contribution is -2.41. The maximum absolute atomic E-state index is 6.14. The molecule has 0 aromatic carbocycles. The molecule has 2 N–H and O–H groups in total. The summed E-state index contributed by atoms with van der Waals surface area (Å²) in [6, 6.07) is 0. The third-order valence-corrected chi connectivity index (χ3v) is 3.55. The monoisotopic (exact) mass is 224 g/mol. The smallest absolute Gasteiger partial charge is 0.150 e. The second kappa shape index (κ2) is 4.36. The molecule has 4 heteroatoms. The minimum atomic E-state index is 0.0902. The Morgan fingerprint density at radius 2 is 1.94 bits per heavy atom. The highest BCUT2D eigenvalue weighted by Crippen LogP contribution is 2.31. The van der Waals surface area contributed by atoms with Crippen LogP contribution >= 0.6 is 0 Å². The van der Waals surface area contributed by atoms with Crippen molar-refractivity contribution in [2.75, 3.05) is 17.7 Å². The van der Waals surface area contributed by atoms with E-state index in [1.54, 1.807) is 0 Å². The highest BCUT2D eigenvalue weighted by Gasteiger charge is 2.26. The molecule has 0 aliphatic carbocycles. The summed E-state index contributed by atoms with van der Waals surface area (Å²) in [6.45, 7) is 8.69. The van der Waals surface area contributed by atoms with Crippen LogP contribution in [0.2, 0.25) is 0 Å². The van der Waals surface area contributed by atoms with Gasteiger partial charge in [0.25, 0.3) is 0 Å². The Morgan fingerprint density at radius 1 is 1.38 bits per heavy atom. The lowest BCUT2D eigenvalue weighted by molar-refractivity contribution is 0.461. The van der Waals surface area contributed by atoms with Crippen LogP contribution in [0.3, 0.4) is 0 Å². The average molecular weight is 224 g/mol. The number of anilines is 2. The predicted octanol–water partition coefficient (Wildman–Crippen LogP) is 2.19. The molecular weight excluding hydrogens is 200 g/mol. The maximum atomic E-state index is 6.14. The summed E-state index contributed by atoms with van der Waals surface area (Å²) in [6.07, 6.45) is 1.94. The van der Waals surface area contributed by atoms with Gasteiger partial charge in [-0.1, -0.05) is 13.8 Å². The van der Waals surface area contributed by atoms with E-state index >= 15 is 0 Å². The molecule has 16 heavy (non-hydrogen) atoms. The molecule has 1 heterocycles. The van der Waals surface area contributed by atoms with Crippen molar-refractivity contribution in [1.82, 2.24) is 9.78 Å². The Balaban J connectivity index is 3.18. The zero-order chi connectivity index (χ0) is 12.5. The van der Waals surface area contributed by atoms with E-state index in [-0.39, 0.29) is 5.54 Å². The summed E-state index contributed by atoms with van der Waals surface area (Å²) in [4.78, 5) is 2.22. The number of hydrogen-bond acceptors (Lipinski definition) is 3. The van der Waals surface area contributed by atoms with Crippen LogP contribution in [0.5, 0.6) is 0 Å². The molecule has 4 nitrogen and oxygen atoms in total. The van der Waals surface area contributed by atoms with Gasteiger partial charge < -0.3 is 10.6 Å². The van der Waals surface area contributed by atoms with Crippen LogP contribution in [-0.2, 0) is 13.5 Å². The first-order valence-electron chi connectivity index (χ1n) is 5.90. The number of nitrogens with two attached hydrogens (primary N) is 1. The molecule has 1 aromatic rings. The molecule has 0 spiro atoms. The summed E-state index contributed by atoms with van der Waals surface area (Å²) in [5, 5.41) is 4.45. The number of aryl methyl sites for hydroxylation is 2. The first kappa shape index (κ1) is 12.9. The Kier molecular flexibility index (Phi) is 3.51. The first-order valence-corrected chi connectivity index (χ1v) is 5.90. The summed E-state index contributed by atoms with van der Waals surface area (Å²) >= 11 is 0. The molecule has 92 valence electrons. The van der Waals surface area contributed by atoms with Gasteiger partial charge >= 0.3 is 0 Å². The predicted molar refractivity (Wildman–Crippen MR) is 69.8 cm³/mol. The highest BCUT2D eigenvalue weighted by atomic mass is 15.4. The highest BCUT2D eigenvalue weighted by molar-refractivity contribution is 5.67. The van der Waals surface area contributed by atoms with Crippen LogP contribution in [0, 0.1) is 0 Å². The Bertz CT molecular complexity index is 365. The van der Waals surface area contributed by atoms with Crippen molar-refractivity contribution in [3.8, 4) is 0 Å². The lowest BCUT2D eigenvalue weighted by atomic mass is 10.00. The fourth-order valence-corrected chi connectivity index (χ4v) is 1.77. The Morgan fingerprint density at radius 3 is 2.31 bits per heavy atom.